The lowest BCUT2D eigenvalue weighted by molar-refractivity contribution is -0.132. The third-order valence-electron chi connectivity index (χ3n) is 8.60. The summed E-state index contributed by atoms with van der Waals surface area (Å²) in [5, 5.41) is 25.1. The zero-order valence-corrected chi connectivity index (χ0v) is 23.8. The van der Waals surface area contributed by atoms with Crippen molar-refractivity contribution in [3.05, 3.63) is 45.1 Å². The first-order valence-electron chi connectivity index (χ1n) is 13.5. The number of fused-ring (bicyclic) bond motifs is 9. The molecular formula is C30H32N4O7. The summed E-state index contributed by atoms with van der Waals surface area (Å²) in [6, 6.07) is 2.72. The molecule has 0 aliphatic carbocycles. The molecule has 11 heteroatoms. The van der Waals surface area contributed by atoms with E-state index in [1.807, 2.05) is 31.0 Å². The van der Waals surface area contributed by atoms with Crippen LogP contribution in [0.15, 0.2) is 11.8 Å². The number of nitrogens with zero attached hydrogens (tertiary/aromatic N) is 3. The van der Waals surface area contributed by atoms with Gasteiger partial charge < -0.3 is 34.3 Å². The summed E-state index contributed by atoms with van der Waals surface area (Å²) in [5.41, 5.74) is 5.07. The van der Waals surface area contributed by atoms with Gasteiger partial charge in [-0.05, 0) is 44.5 Å². The first-order chi connectivity index (χ1) is 19.6. The highest BCUT2D eigenvalue weighted by Gasteiger charge is 2.53. The molecule has 6 rings (SSSR count). The van der Waals surface area contributed by atoms with Crippen LogP contribution in [-0.4, -0.2) is 66.4 Å². The van der Waals surface area contributed by atoms with Gasteiger partial charge in [-0.2, -0.15) is 5.26 Å². The molecule has 1 amide bonds. The lowest BCUT2D eigenvalue weighted by Crippen LogP contribution is -2.62. The minimum absolute atomic E-state index is 0.00831. The van der Waals surface area contributed by atoms with Gasteiger partial charge in [0.15, 0.2) is 23.0 Å². The maximum absolute atomic E-state index is 12.3. The Bertz CT molecular complexity index is 1580. The highest BCUT2D eigenvalue weighted by Crippen LogP contribution is 2.59. The predicted octanol–water partition coefficient (Wildman–Crippen LogP) is 3.01. The van der Waals surface area contributed by atoms with Crippen molar-refractivity contribution in [3.63, 3.8) is 0 Å². The number of phenolic OH excluding ortho intramolecular Hbond substituents is 1. The fraction of sp³-hybridized carbons (Fsp3) is 0.433. The molecule has 214 valence electrons. The highest BCUT2D eigenvalue weighted by atomic mass is 16.7. The molecular weight excluding hydrogens is 528 g/mol. The van der Waals surface area contributed by atoms with Gasteiger partial charge in [-0.25, -0.2) is 0 Å². The second kappa shape index (κ2) is 9.59. The van der Waals surface area contributed by atoms with E-state index < -0.39 is 24.1 Å². The van der Waals surface area contributed by atoms with Crippen molar-refractivity contribution in [3.8, 4) is 34.8 Å². The predicted molar refractivity (Wildman–Crippen MR) is 147 cm³/mol. The minimum atomic E-state index is -0.608. The fourth-order valence-corrected chi connectivity index (χ4v) is 7.00. The van der Waals surface area contributed by atoms with Crippen molar-refractivity contribution in [2.45, 2.75) is 58.3 Å². The molecule has 2 N–H and O–H groups in total. The first-order valence-corrected chi connectivity index (χ1v) is 13.5. The Morgan fingerprint density at radius 1 is 1.20 bits per heavy atom. The van der Waals surface area contributed by atoms with Crippen molar-refractivity contribution in [1.29, 1.82) is 5.26 Å². The molecule has 2 aromatic rings. The van der Waals surface area contributed by atoms with E-state index in [4.69, 9.17) is 18.9 Å². The monoisotopic (exact) mass is 560 g/mol. The molecule has 4 aliphatic rings. The van der Waals surface area contributed by atoms with Crippen LogP contribution in [0.1, 0.15) is 59.3 Å². The van der Waals surface area contributed by atoms with Gasteiger partial charge in [0, 0.05) is 54.4 Å². The molecule has 11 nitrogen and oxygen atoms in total. The number of nitriles is 1. The second-order valence-corrected chi connectivity index (χ2v) is 10.9. The summed E-state index contributed by atoms with van der Waals surface area (Å²) in [5.74, 6) is 1.03. The van der Waals surface area contributed by atoms with Crippen LogP contribution >= 0.6 is 0 Å². The number of methoxy groups -OCH3 is 1. The number of esters is 1. The van der Waals surface area contributed by atoms with Gasteiger partial charge in [0.2, 0.25) is 12.7 Å². The molecule has 4 aliphatic heterocycles. The Morgan fingerprint density at radius 2 is 1.93 bits per heavy atom. The normalized spacial score (nSPS) is 23.4. The van der Waals surface area contributed by atoms with Gasteiger partial charge in [-0.3, -0.25) is 14.5 Å². The molecule has 1 fully saturated rings. The van der Waals surface area contributed by atoms with Crippen molar-refractivity contribution < 1.29 is 33.6 Å². The van der Waals surface area contributed by atoms with Gasteiger partial charge in [-0.15, -0.1) is 0 Å². The van der Waals surface area contributed by atoms with E-state index >= 15 is 0 Å². The smallest absolute Gasteiger partial charge is 0.308 e. The Hall–Kier alpha value is -4.43. The van der Waals surface area contributed by atoms with Crippen molar-refractivity contribution in [2.75, 3.05) is 27.5 Å². The van der Waals surface area contributed by atoms with E-state index in [2.05, 4.69) is 16.3 Å². The van der Waals surface area contributed by atoms with Gasteiger partial charge in [0.1, 0.15) is 11.8 Å². The zero-order valence-electron chi connectivity index (χ0n) is 23.8. The van der Waals surface area contributed by atoms with Crippen LogP contribution in [0.4, 0.5) is 0 Å². The molecule has 0 aromatic heterocycles. The quantitative estimate of drug-likeness (QED) is 0.425. The molecule has 4 heterocycles. The second-order valence-electron chi connectivity index (χ2n) is 10.9. The number of nitrogens with one attached hydrogen (secondary N) is 1. The van der Waals surface area contributed by atoms with Crippen LogP contribution in [0.3, 0.4) is 0 Å². The van der Waals surface area contributed by atoms with Crippen molar-refractivity contribution >= 4 is 18.0 Å². The van der Waals surface area contributed by atoms with Gasteiger partial charge in [-0.1, -0.05) is 6.07 Å². The highest BCUT2D eigenvalue weighted by molar-refractivity contribution is 5.81. The number of carbonyl (C=O) groups is 2. The number of likely N-dealkylation sites (N-methyl/N-ethyl adjacent to an activating group) is 1. The molecule has 2 bridgehead atoms. The number of amides is 1. The number of phenols is 1. The summed E-state index contributed by atoms with van der Waals surface area (Å²) < 4.78 is 23.1. The van der Waals surface area contributed by atoms with Crippen LogP contribution in [-0.2, 0) is 16.0 Å². The van der Waals surface area contributed by atoms with E-state index in [-0.39, 0.29) is 31.0 Å². The van der Waals surface area contributed by atoms with Gasteiger partial charge in [0.05, 0.1) is 25.3 Å². The Labute approximate surface area is 237 Å². The number of aryl methyl sites for hydroxylation is 1. The number of hydrogen-bond acceptors (Lipinski definition) is 10. The molecule has 2 aromatic carbocycles. The topological polar surface area (TPSA) is 134 Å². The number of benzene rings is 2. The van der Waals surface area contributed by atoms with Gasteiger partial charge in [0.25, 0.3) is 0 Å². The number of carbonyl (C=O) groups excluding carboxylic acids is 2. The fourth-order valence-electron chi connectivity index (χ4n) is 7.00. The van der Waals surface area contributed by atoms with Crippen LogP contribution in [0, 0.1) is 25.2 Å². The standard InChI is InChI=1S/C30H32N4O7/c1-13-7-17-8-19-21(10-31)34-20(25(33(19)5)23(17)26(37)27(13)38-6)9-18-24(22(34)11-32-15(3)35)30-29(39-12-40-30)14(2)28(18)41-16(4)36/h7,9,19,21-22,25,37H,8,11-12H2,1-6H3,(H,32,35)/t19-,21+,22+,25+/m1/s1. The van der Waals surface area contributed by atoms with E-state index in [0.717, 1.165) is 16.8 Å². The Balaban J connectivity index is 1.68. The summed E-state index contributed by atoms with van der Waals surface area (Å²) >= 11 is 0. The molecule has 41 heavy (non-hydrogen) atoms. The van der Waals surface area contributed by atoms with Crippen molar-refractivity contribution in [1.82, 2.24) is 15.1 Å². The third-order valence-corrected chi connectivity index (χ3v) is 8.60. The summed E-state index contributed by atoms with van der Waals surface area (Å²) in [4.78, 5) is 28.6. The van der Waals surface area contributed by atoms with Crippen LogP contribution in [0.2, 0.25) is 0 Å². The number of aromatic hydroxyl groups is 1. The lowest BCUT2D eigenvalue weighted by atomic mass is 9.75. The molecule has 0 unspecified atom stereocenters. The van der Waals surface area contributed by atoms with E-state index in [0.29, 0.717) is 51.7 Å². The summed E-state index contributed by atoms with van der Waals surface area (Å²) in [6.07, 6.45) is 2.45. The molecule has 0 radical (unpaired) electrons. The zero-order chi connectivity index (χ0) is 29.3. The van der Waals surface area contributed by atoms with E-state index in [1.165, 1.54) is 21.0 Å². The van der Waals surface area contributed by atoms with E-state index in [1.54, 1.807) is 6.92 Å². The largest absolute Gasteiger partial charge is 0.504 e. The van der Waals surface area contributed by atoms with Crippen LogP contribution < -0.4 is 24.3 Å². The number of ether oxygens (including phenoxy) is 4. The SMILES string of the molecule is COc1c(C)cc2c(c1O)[C@@H]1C3=Cc4c(OC(C)=O)c(C)c5c(c4[C@H](CNC(C)=O)N3[C@@H](C#N)[C@@H](C2)N1C)OCO5. The summed E-state index contributed by atoms with van der Waals surface area (Å²) in [7, 11) is 3.47. The number of hydrogen-bond donors (Lipinski definition) is 2. The van der Waals surface area contributed by atoms with Gasteiger partial charge >= 0.3 is 5.97 Å². The minimum Gasteiger partial charge on any atom is -0.504 e. The Kier molecular flexibility index (Phi) is 6.26. The molecule has 0 spiro atoms. The average Bonchev–Trinajstić information content (AvgIpc) is 3.40. The van der Waals surface area contributed by atoms with Crippen molar-refractivity contribution in [2.24, 2.45) is 0 Å². The first kappa shape index (κ1) is 26.8. The average molecular weight is 561 g/mol. The lowest BCUT2D eigenvalue weighted by Gasteiger charge is -2.57. The maximum atomic E-state index is 12.3. The number of rotatable bonds is 4. The number of piperazine rings is 1. The van der Waals surface area contributed by atoms with Crippen LogP contribution in [0.25, 0.3) is 6.08 Å². The molecule has 1 saturated heterocycles. The maximum Gasteiger partial charge on any atom is 0.308 e. The molecule has 0 saturated carbocycles. The third kappa shape index (κ3) is 3.81. The van der Waals surface area contributed by atoms with Crippen LogP contribution in [0.5, 0.6) is 28.7 Å². The molecule has 4 atom stereocenters. The van der Waals surface area contributed by atoms with E-state index in [9.17, 15) is 20.0 Å². The Morgan fingerprint density at radius 3 is 2.59 bits per heavy atom. The summed E-state index contributed by atoms with van der Waals surface area (Å²) in [6.45, 7) is 6.62.